The molecule has 142 valence electrons. The molecule has 3 aliphatic rings. The van der Waals surface area contributed by atoms with Gasteiger partial charge in [-0.1, -0.05) is 30.2 Å². The highest BCUT2D eigenvalue weighted by Crippen LogP contribution is 2.40. The number of likely N-dealkylation sites (tertiary alicyclic amines) is 1. The lowest BCUT2D eigenvalue weighted by Gasteiger charge is -2.40. The summed E-state index contributed by atoms with van der Waals surface area (Å²) in [6.45, 7) is 15.8. The van der Waals surface area contributed by atoms with Gasteiger partial charge in [-0.2, -0.15) is 0 Å². The molecule has 0 unspecified atom stereocenters. The fourth-order valence-corrected chi connectivity index (χ4v) is 4.61. The average Bonchev–Trinajstić information content (AvgIpc) is 2.62. The topological polar surface area (TPSA) is 15.7 Å². The zero-order valence-electron chi connectivity index (χ0n) is 16.3. The minimum atomic E-state index is 0.791. The van der Waals surface area contributed by atoms with E-state index in [4.69, 9.17) is 4.74 Å². The van der Waals surface area contributed by atoms with Crippen molar-refractivity contribution in [3.63, 3.8) is 0 Å². The van der Waals surface area contributed by atoms with Gasteiger partial charge in [0.2, 0.25) is 0 Å². The van der Waals surface area contributed by atoms with Gasteiger partial charge >= 0.3 is 0 Å². The zero-order chi connectivity index (χ0) is 17.5. The Bertz CT molecular complexity index is 441. The van der Waals surface area contributed by atoms with Gasteiger partial charge in [-0.25, -0.2) is 0 Å². The summed E-state index contributed by atoms with van der Waals surface area (Å²) < 4.78 is 5.45. The molecule has 3 rings (SSSR count). The van der Waals surface area contributed by atoms with E-state index in [0.29, 0.717) is 0 Å². The SMILES string of the molecule is C=C(CCC(=CC)CN1CCCCC1)C1CC(CN2CCOCC2)C1. The summed E-state index contributed by atoms with van der Waals surface area (Å²) in [5.74, 6) is 1.69. The minimum Gasteiger partial charge on any atom is -0.379 e. The third-order valence-corrected chi connectivity index (χ3v) is 6.48. The molecule has 0 radical (unpaired) electrons. The van der Waals surface area contributed by atoms with Crippen molar-refractivity contribution in [1.29, 1.82) is 0 Å². The zero-order valence-corrected chi connectivity index (χ0v) is 16.3. The number of ether oxygens (including phenoxy) is 1. The number of rotatable bonds is 8. The van der Waals surface area contributed by atoms with Crippen LogP contribution in [0, 0.1) is 11.8 Å². The standard InChI is InChI=1S/C22H38N2O/c1-3-20(17-23-9-5-4-6-10-23)8-7-19(2)22-15-21(16-22)18-24-11-13-25-14-12-24/h3,21-22H,2,4-18H2,1H3. The van der Waals surface area contributed by atoms with E-state index >= 15 is 0 Å². The van der Waals surface area contributed by atoms with Crippen molar-refractivity contribution in [3.05, 3.63) is 23.8 Å². The largest absolute Gasteiger partial charge is 0.379 e. The van der Waals surface area contributed by atoms with Crippen LogP contribution < -0.4 is 0 Å². The van der Waals surface area contributed by atoms with Gasteiger partial charge in [-0.15, -0.1) is 0 Å². The van der Waals surface area contributed by atoms with Gasteiger partial charge < -0.3 is 4.74 Å². The van der Waals surface area contributed by atoms with E-state index in [1.165, 1.54) is 76.7 Å². The molecular weight excluding hydrogens is 308 g/mol. The molecule has 3 nitrogen and oxygen atoms in total. The molecule has 0 bridgehead atoms. The van der Waals surface area contributed by atoms with Crippen LogP contribution in [0.3, 0.4) is 0 Å². The Labute approximate surface area is 155 Å². The first-order valence-corrected chi connectivity index (χ1v) is 10.6. The second-order valence-corrected chi connectivity index (χ2v) is 8.39. The summed E-state index contributed by atoms with van der Waals surface area (Å²) in [7, 11) is 0. The highest BCUT2D eigenvalue weighted by Gasteiger charge is 2.32. The van der Waals surface area contributed by atoms with E-state index in [1.54, 1.807) is 5.57 Å². The van der Waals surface area contributed by atoms with Crippen LogP contribution in [-0.2, 0) is 4.74 Å². The van der Waals surface area contributed by atoms with Gasteiger partial charge in [0.25, 0.3) is 0 Å². The number of hydrogen-bond acceptors (Lipinski definition) is 3. The first kappa shape index (κ1) is 19.1. The minimum absolute atomic E-state index is 0.791. The third kappa shape index (κ3) is 5.94. The van der Waals surface area contributed by atoms with E-state index in [2.05, 4.69) is 29.4 Å². The summed E-state index contributed by atoms with van der Waals surface area (Å²) >= 11 is 0. The van der Waals surface area contributed by atoms with Crippen LogP contribution in [0.5, 0.6) is 0 Å². The Morgan fingerprint density at radius 1 is 1.00 bits per heavy atom. The molecule has 3 fully saturated rings. The fourth-order valence-electron chi connectivity index (χ4n) is 4.61. The normalized spacial score (nSPS) is 29.4. The van der Waals surface area contributed by atoms with Gasteiger partial charge in [-0.3, -0.25) is 9.80 Å². The maximum Gasteiger partial charge on any atom is 0.0594 e. The number of piperidine rings is 1. The molecule has 0 N–H and O–H groups in total. The molecule has 1 aliphatic carbocycles. The lowest BCUT2D eigenvalue weighted by Crippen LogP contribution is -2.42. The molecule has 2 heterocycles. The maximum absolute atomic E-state index is 5.45. The first-order chi connectivity index (χ1) is 12.2. The van der Waals surface area contributed by atoms with Crippen LogP contribution in [0.2, 0.25) is 0 Å². The molecular formula is C22H38N2O. The Hall–Kier alpha value is -0.640. The highest BCUT2D eigenvalue weighted by molar-refractivity contribution is 5.12. The van der Waals surface area contributed by atoms with Crippen LogP contribution in [-0.4, -0.2) is 62.3 Å². The first-order valence-electron chi connectivity index (χ1n) is 10.6. The van der Waals surface area contributed by atoms with Crippen molar-refractivity contribution in [2.75, 3.05) is 52.5 Å². The Kier molecular flexibility index (Phi) is 7.57. The summed E-state index contributed by atoms with van der Waals surface area (Å²) in [6, 6.07) is 0. The molecule has 1 saturated carbocycles. The Balaban J connectivity index is 1.31. The van der Waals surface area contributed by atoms with Gasteiger partial charge in [-0.05, 0) is 70.4 Å². The van der Waals surface area contributed by atoms with E-state index < -0.39 is 0 Å². The second kappa shape index (κ2) is 9.89. The molecule has 0 aromatic carbocycles. The molecule has 0 aromatic heterocycles. The van der Waals surface area contributed by atoms with Crippen molar-refractivity contribution in [3.8, 4) is 0 Å². The number of nitrogens with zero attached hydrogens (tertiary/aromatic N) is 2. The molecule has 3 heteroatoms. The van der Waals surface area contributed by atoms with E-state index in [0.717, 1.165) is 38.1 Å². The molecule has 0 atom stereocenters. The summed E-state index contributed by atoms with van der Waals surface area (Å²) in [4.78, 5) is 5.23. The molecule has 2 aliphatic heterocycles. The van der Waals surface area contributed by atoms with E-state index in [-0.39, 0.29) is 0 Å². The smallest absolute Gasteiger partial charge is 0.0594 e. The molecule has 25 heavy (non-hydrogen) atoms. The molecule has 2 saturated heterocycles. The summed E-state index contributed by atoms with van der Waals surface area (Å²) in [6.07, 6.45) is 11.7. The van der Waals surface area contributed by atoms with Crippen LogP contribution in [0.1, 0.15) is 51.9 Å². The lowest BCUT2D eigenvalue weighted by molar-refractivity contribution is 0.0192. The monoisotopic (exact) mass is 346 g/mol. The number of hydrogen-bond donors (Lipinski definition) is 0. The van der Waals surface area contributed by atoms with Crippen molar-refractivity contribution >= 4 is 0 Å². The number of allylic oxidation sites excluding steroid dienone is 2. The third-order valence-electron chi connectivity index (χ3n) is 6.48. The van der Waals surface area contributed by atoms with Crippen LogP contribution in [0.15, 0.2) is 23.8 Å². The van der Waals surface area contributed by atoms with E-state index in [9.17, 15) is 0 Å². The Morgan fingerprint density at radius 2 is 1.72 bits per heavy atom. The second-order valence-electron chi connectivity index (χ2n) is 8.39. The molecule has 0 aromatic rings. The predicted octanol–water partition coefficient (Wildman–Crippen LogP) is 4.11. The lowest BCUT2D eigenvalue weighted by atomic mass is 9.70. The summed E-state index contributed by atoms with van der Waals surface area (Å²) in [5.41, 5.74) is 3.13. The van der Waals surface area contributed by atoms with Crippen LogP contribution in [0.25, 0.3) is 0 Å². The molecule has 0 amide bonds. The molecule has 0 spiro atoms. The number of morpholine rings is 1. The van der Waals surface area contributed by atoms with E-state index in [1.807, 2.05) is 0 Å². The van der Waals surface area contributed by atoms with Gasteiger partial charge in [0, 0.05) is 26.2 Å². The van der Waals surface area contributed by atoms with Crippen LogP contribution >= 0.6 is 0 Å². The highest BCUT2D eigenvalue weighted by atomic mass is 16.5. The Morgan fingerprint density at radius 3 is 2.40 bits per heavy atom. The summed E-state index contributed by atoms with van der Waals surface area (Å²) in [5, 5.41) is 0. The average molecular weight is 347 g/mol. The van der Waals surface area contributed by atoms with Crippen LogP contribution in [0.4, 0.5) is 0 Å². The van der Waals surface area contributed by atoms with Gasteiger partial charge in [0.05, 0.1) is 13.2 Å². The van der Waals surface area contributed by atoms with Crippen molar-refractivity contribution in [2.45, 2.75) is 51.9 Å². The predicted molar refractivity (Wildman–Crippen MR) is 106 cm³/mol. The van der Waals surface area contributed by atoms with Gasteiger partial charge in [0.15, 0.2) is 0 Å². The van der Waals surface area contributed by atoms with Crippen molar-refractivity contribution in [2.24, 2.45) is 11.8 Å². The van der Waals surface area contributed by atoms with Crippen molar-refractivity contribution < 1.29 is 4.74 Å². The maximum atomic E-state index is 5.45. The van der Waals surface area contributed by atoms with Gasteiger partial charge in [0.1, 0.15) is 0 Å². The quantitative estimate of drug-likeness (QED) is 0.615. The fraction of sp³-hybridized carbons (Fsp3) is 0.818. The van der Waals surface area contributed by atoms with Crippen molar-refractivity contribution in [1.82, 2.24) is 9.80 Å².